The molecule has 0 aromatic carbocycles. The average Bonchev–Trinajstić information content (AvgIpc) is 2.53. The van der Waals surface area contributed by atoms with E-state index >= 15 is 0 Å². The second-order valence-electron chi connectivity index (χ2n) is 2.81. The molecule has 0 radical (unpaired) electrons. The Morgan fingerprint density at radius 2 is 2.62 bits per heavy atom. The summed E-state index contributed by atoms with van der Waals surface area (Å²) in [7, 11) is 0. The lowest BCUT2D eigenvalue weighted by Gasteiger charge is -2.03. The Bertz CT molecular complexity index is 259. The van der Waals surface area contributed by atoms with Crippen LogP contribution in [0.4, 0.5) is 5.13 Å². The van der Waals surface area contributed by atoms with Crippen LogP contribution in [-0.2, 0) is 4.79 Å². The zero-order valence-electron chi connectivity index (χ0n) is 7.36. The number of nitrogens with zero attached hydrogens (tertiary/aromatic N) is 2. The van der Waals surface area contributed by atoms with Crippen LogP contribution in [0.2, 0.25) is 0 Å². The largest absolute Gasteiger partial charge is 0.328 e. The summed E-state index contributed by atoms with van der Waals surface area (Å²) in [4.78, 5) is 11.2. The molecular weight excluding hydrogens is 188 g/mol. The fraction of sp³-hybridized carbons (Fsp3) is 0.571. The molecule has 3 N–H and O–H groups in total. The highest BCUT2D eigenvalue weighted by molar-refractivity contribution is 7.13. The molecule has 1 aromatic rings. The number of anilines is 1. The first-order chi connectivity index (χ1) is 6.18. The first-order valence-corrected chi connectivity index (χ1v) is 4.88. The number of nitrogens with two attached hydrogens (primary N) is 1. The van der Waals surface area contributed by atoms with E-state index in [0.29, 0.717) is 18.0 Å². The third-order valence-corrected chi connectivity index (χ3v) is 2.04. The minimum absolute atomic E-state index is 0.0557. The van der Waals surface area contributed by atoms with Crippen molar-refractivity contribution >= 4 is 22.4 Å². The number of hydrogen-bond donors (Lipinski definition) is 2. The van der Waals surface area contributed by atoms with Crippen molar-refractivity contribution in [2.24, 2.45) is 5.73 Å². The molecule has 0 saturated heterocycles. The topological polar surface area (TPSA) is 80.9 Å². The van der Waals surface area contributed by atoms with E-state index in [1.807, 2.05) is 6.92 Å². The van der Waals surface area contributed by atoms with Crippen molar-refractivity contribution in [1.29, 1.82) is 0 Å². The summed E-state index contributed by atoms with van der Waals surface area (Å²) in [6, 6.07) is 0.0557. The summed E-state index contributed by atoms with van der Waals surface area (Å²) in [5, 5.41) is 10.5. The number of aromatic nitrogens is 2. The summed E-state index contributed by atoms with van der Waals surface area (Å²) >= 11 is 1.30. The van der Waals surface area contributed by atoms with E-state index in [1.54, 1.807) is 5.51 Å². The maximum absolute atomic E-state index is 11.2. The molecule has 0 aliphatic carbocycles. The van der Waals surface area contributed by atoms with Crippen molar-refractivity contribution in [2.45, 2.75) is 25.8 Å². The van der Waals surface area contributed by atoms with Gasteiger partial charge in [0.05, 0.1) is 0 Å². The van der Waals surface area contributed by atoms with Gasteiger partial charge in [-0.15, -0.1) is 10.2 Å². The van der Waals surface area contributed by atoms with E-state index < -0.39 is 0 Å². The molecule has 0 saturated carbocycles. The molecule has 13 heavy (non-hydrogen) atoms. The Hall–Kier alpha value is -1.01. The third kappa shape index (κ3) is 3.95. The van der Waals surface area contributed by atoms with Crippen LogP contribution in [0.25, 0.3) is 0 Å². The van der Waals surface area contributed by atoms with E-state index in [9.17, 15) is 4.79 Å². The molecule has 0 bridgehead atoms. The van der Waals surface area contributed by atoms with Crippen LogP contribution in [-0.4, -0.2) is 22.1 Å². The smallest absolute Gasteiger partial charge is 0.226 e. The summed E-state index contributed by atoms with van der Waals surface area (Å²) in [5.41, 5.74) is 7.08. The summed E-state index contributed by atoms with van der Waals surface area (Å²) < 4.78 is 0. The SMILES string of the molecule is CC(N)CCC(=O)Nc1nncs1. The van der Waals surface area contributed by atoms with Gasteiger partial charge in [0.1, 0.15) is 5.51 Å². The Balaban J connectivity index is 2.26. The lowest BCUT2D eigenvalue weighted by atomic mass is 10.2. The molecule has 1 amide bonds. The highest BCUT2D eigenvalue weighted by atomic mass is 32.1. The molecule has 1 atom stereocenters. The Morgan fingerprint density at radius 3 is 3.15 bits per heavy atom. The van der Waals surface area contributed by atoms with E-state index in [2.05, 4.69) is 15.5 Å². The first-order valence-electron chi connectivity index (χ1n) is 4.00. The molecule has 0 aliphatic rings. The normalized spacial score (nSPS) is 12.5. The van der Waals surface area contributed by atoms with Crippen LogP contribution in [0.3, 0.4) is 0 Å². The number of carbonyl (C=O) groups excluding carboxylic acids is 1. The molecule has 1 unspecified atom stereocenters. The van der Waals surface area contributed by atoms with Gasteiger partial charge in [-0.1, -0.05) is 11.3 Å². The Morgan fingerprint density at radius 1 is 1.85 bits per heavy atom. The Labute approximate surface area is 80.4 Å². The fourth-order valence-corrected chi connectivity index (χ4v) is 1.23. The lowest BCUT2D eigenvalue weighted by molar-refractivity contribution is -0.116. The summed E-state index contributed by atoms with van der Waals surface area (Å²) in [5.74, 6) is -0.0611. The van der Waals surface area contributed by atoms with Crippen LogP contribution in [0.5, 0.6) is 0 Å². The van der Waals surface area contributed by atoms with Gasteiger partial charge in [0, 0.05) is 12.5 Å². The number of nitrogens with one attached hydrogen (secondary N) is 1. The van der Waals surface area contributed by atoms with Gasteiger partial charge < -0.3 is 11.1 Å². The molecule has 1 heterocycles. The monoisotopic (exact) mass is 200 g/mol. The maximum atomic E-state index is 11.2. The molecule has 5 nitrogen and oxygen atoms in total. The summed E-state index contributed by atoms with van der Waals surface area (Å²) in [6.45, 7) is 1.87. The molecule has 0 spiro atoms. The van der Waals surface area contributed by atoms with Crippen LogP contribution in [0.1, 0.15) is 19.8 Å². The number of carbonyl (C=O) groups is 1. The van der Waals surface area contributed by atoms with Crippen LogP contribution in [0.15, 0.2) is 5.51 Å². The van der Waals surface area contributed by atoms with Crippen molar-refractivity contribution in [1.82, 2.24) is 10.2 Å². The minimum Gasteiger partial charge on any atom is -0.328 e. The van der Waals surface area contributed by atoms with Crippen molar-refractivity contribution in [3.8, 4) is 0 Å². The fourth-order valence-electron chi connectivity index (χ4n) is 0.768. The minimum atomic E-state index is -0.0611. The lowest BCUT2D eigenvalue weighted by Crippen LogP contribution is -2.19. The van der Waals surface area contributed by atoms with Gasteiger partial charge in [0.25, 0.3) is 0 Å². The van der Waals surface area contributed by atoms with Crippen molar-refractivity contribution in [3.63, 3.8) is 0 Å². The highest BCUT2D eigenvalue weighted by Gasteiger charge is 2.05. The van der Waals surface area contributed by atoms with Crippen LogP contribution >= 0.6 is 11.3 Å². The van der Waals surface area contributed by atoms with Gasteiger partial charge in [-0.3, -0.25) is 4.79 Å². The summed E-state index contributed by atoms with van der Waals surface area (Å²) in [6.07, 6.45) is 1.11. The van der Waals surface area contributed by atoms with Gasteiger partial charge in [-0.05, 0) is 13.3 Å². The van der Waals surface area contributed by atoms with Crippen LogP contribution < -0.4 is 11.1 Å². The molecule has 0 aliphatic heterocycles. The second kappa shape index (κ2) is 4.88. The number of rotatable bonds is 4. The zero-order chi connectivity index (χ0) is 9.68. The van der Waals surface area contributed by atoms with Crippen molar-refractivity contribution in [2.75, 3.05) is 5.32 Å². The van der Waals surface area contributed by atoms with E-state index in [4.69, 9.17) is 5.73 Å². The van der Waals surface area contributed by atoms with Gasteiger partial charge in [0.2, 0.25) is 11.0 Å². The van der Waals surface area contributed by atoms with Crippen LogP contribution in [0, 0.1) is 0 Å². The average molecular weight is 200 g/mol. The van der Waals surface area contributed by atoms with Crippen molar-refractivity contribution < 1.29 is 4.79 Å². The maximum Gasteiger partial charge on any atom is 0.226 e. The number of hydrogen-bond acceptors (Lipinski definition) is 5. The molecule has 72 valence electrons. The Kier molecular flexibility index (Phi) is 3.78. The molecular formula is C7H12N4OS. The molecule has 6 heteroatoms. The highest BCUT2D eigenvalue weighted by Crippen LogP contribution is 2.08. The van der Waals surface area contributed by atoms with Gasteiger partial charge >= 0.3 is 0 Å². The van der Waals surface area contributed by atoms with Gasteiger partial charge in [-0.25, -0.2) is 0 Å². The second-order valence-corrected chi connectivity index (χ2v) is 3.64. The zero-order valence-corrected chi connectivity index (χ0v) is 8.17. The van der Waals surface area contributed by atoms with E-state index in [1.165, 1.54) is 11.3 Å². The molecule has 1 rings (SSSR count). The standard InChI is InChI=1S/C7H12N4OS/c1-5(8)2-3-6(12)10-7-11-9-4-13-7/h4-5H,2-3,8H2,1H3,(H,10,11,12). The van der Waals surface area contributed by atoms with E-state index in [-0.39, 0.29) is 11.9 Å². The van der Waals surface area contributed by atoms with Gasteiger partial charge in [0.15, 0.2) is 0 Å². The molecule has 1 aromatic heterocycles. The molecule has 0 fully saturated rings. The first kappa shape index (κ1) is 10.1. The van der Waals surface area contributed by atoms with E-state index in [0.717, 1.165) is 0 Å². The van der Waals surface area contributed by atoms with Crippen molar-refractivity contribution in [3.05, 3.63) is 5.51 Å². The predicted molar refractivity (Wildman–Crippen MR) is 51.4 cm³/mol. The van der Waals surface area contributed by atoms with Gasteiger partial charge in [-0.2, -0.15) is 0 Å². The third-order valence-electron chi connectivity index (χ3n) is 1.43. The number of amides is 1. The predicted octanol–water partition coefficient (Wildman–Crippen LogP) is 0.604. The quantitative estimate of drug-likeness (QED) is 0.746.